The Balaban J connectivity index is 1.69. The highest BCUT2D eigenvalue weighted by molar-refractivity contribution is 6.30. The number of hydrogen-bond donors (Lipinski definition) is 1. The second-order valence-electron chi connectivity index (χ2n) is 7.68. The predicted molar refractivity (Wildman–Crippen MR) is 116 cm³/mol. The Labute approximate surface area is 179 Å². The van der Waals surface area contributed by atoms with Gasteiger partial charge < -0.3 is 9.84 Å². The van der Waals surface area contributed by atoms with E-state index >= 15 is 0 Å². The van der Waals surface area contributed by atoms with E-state index < -0.39 is 23.5 Å². The van der Waals surface area contributed by atoms with Crippen LogP contribution in [0.1, 0.15) is 74.9 Å². The van der Waals surface area contributed by atoms with Crippen molar-refractivity contribution in [2.45, 2.75) is 39.0 Å². The van der Waals surface area contributed by atoms with Gasteiger partial charge in [-0.2, -0.15) is 0 Å². The van der Waals surface area contributed by atoms with E-state index in [9.17, 15) is 19.5 Å². The molecule has 158 valence electrons. The highest BCUT2D eigenvalue weighted by Gasteiger charge is 2.42. The SMILES string of the molecule is CCCCOC(=O)c1ccc2c(c1)C(=O)C(c1nc3ccc(CC)cc3cc1O)C2=O. The highest BCUT2D eigenvalue weighted by Crippen LogP contribution is 2.38. The molecule has 6 nitrogen and oxygen atoms in total. The third kappa shape index (κ3) is 3.69. The number of fused-ring (bicyclic) bond motifs is 2. The molecule has 3 aromatic rings. The van der Waals surface area contributed by atoms with Gasteiger partial charge in [0.2, 0.25) is 0 Å². The first-order chi connectivity index (χ1) is 14.9. The van der Waals surface area contributed by atoms with E-state index in [1.807, 2.05) is 32.0 Å². The molecule has 0 spiro atoms. The Bertz CT molecular complexity index is 1210. The number of unbranched alkanes of at least 4 members (excludes halogenated alkanes) is 1. The minimum absolute atomic E-state index is 0.0371. The molecule has 1 unspecified atom stereocenters. The third-order valence-electron chi connectivity index (χ3n) is 5.61. The lowest BCUT2D eigenvalue weighted by atomic mass is 9.97. The average Bonchev–Trinajstić information content (AvgIpc) is 3.02. The fraction of sp³-hybridized carbons (Fsp3) is 0.280. The molecular formula is C25H23NO5. The maximum Gasteiger partial charge on any atom is 0.338 e. The van der Waals surface area contributed by atoms with Crippen LogP contribution in [-0.4, -0.2) is 34.2 Å². The lowest BCUT2D eigenvalue weighted by Crippen LogP contribution is -2.15. The largest absolute Gasteiger partial charge is 0.506 e. The van der Waals surface area contributed by atoms with E-state index in [0.29, 0.717) is 12.1 Å². The number of nitrogens with zero attached hydrogens (tertiary/aromatic N) is 1. The van der Waals surface area contributed by atoms with Gasteiger partial charge in [-0.15, -0.1) is 0 Å². The topological polar surface area (TPSA) is 93.6 Å². The molecule has 1 aliphatic carbocycles. The summed E-state index contributed by atoms with van der Waals surface area (Å²) < 4.78 is 5.20. The average molecular weight is 417 g/mol. The van der Waals surface area contributed by atoms with Crippen molar-refractivity contribution in [3.05, 3.63) is 70.4 Å². The van der Waals surface area contributed by atoms with Gasteiger partial charge in [0.1, 0.15) is 17.4 Å². The summed E-state index contributed by atoms with van der Waals surface area (Å²) in [6.45, 7) is 4.33. The summed E-state index contributed by atoms with van der Waals surface area (Å²) in [5.41, 5.74) is 2.33. The number of carbonyl (C=O) groups excluding carboxylic acids is 3. The second kappa shape index (κ2) is 8.30. The summed E-state index contributed by atoms with van der Waals surface area (Å²) in [6.07, 6.45) is 2.49. The summed E-state index contributed by atoms with van der Waals surface area (Å²) in [6, 6.07) is 11.6. The minimum atomic E-state index is -1.23. The molecule has 0 saturated carbocycles. The van der Waals surface area contributed by atoms with Crippen LogP contribution in [0.15, 0.2) is 42.5 Å². The number of rotatable bonds is 6. The smallest absolute Gasteiger partial charge is 0.338 e. The lowest BCUT2D eigenvalue weighted by molar-refractivity contribution is 0.0499. The van der Waals surface area contributed by atoms with Crippen LogP contribution in [0.25, 0.3) is 10.9 Å². The number of pyridine rings is 1. The number of benzene rings is 2. The first kappa shape index (κ1) is 20.7. The monoisotopic (exact) mass is 417 g/mol. The van der Waals surface area contributed by atoms with E-state index in [0.717, 1.165) is 30.2 Å². The summed E-state index contributed by atoms with van der Waals surface area (Å²) in [5.74, 6) is -2.86. The molecule has 4 rings (SSSR count). The maximum absolute atomic E-state index is 13.1. The van der Waals surface area contributed by atoms with Crippen LogP contribution in [0.2, 0.25) is 0 Å². The third-order valence-corrected chi connectivity index (χ3v) is 5.61. The molecule has 1 N–H and O–H groups in total. The van der Waals surface area contributed by atoms with E-state index in [-0.39, 0.29) is 28.1 Å². The predicted octanol–water partition coefficient (Wildman–Crippen LogP) is 4.62. The zero-order chi connectivity index (χ0) is 22.1. The number of ether oxygens (including phenoxy) is 1. The quantitative estimate of drug-likeness (QED) is 0.357. The van der Waals surface area contributed by atoms with Crippen LogP contribution in [0, 0.1) is 0 Å². The van der Waals surface area contributed by atoms with Gasteiger partial charge in [0.15, 0.2) is 11.6 Å². The molecule has 31 heavy (non-hydrogen) atoms. The number of aromatic hydroxyl groups is 1. The van der Waals surface area contributed by atoms with Crippen LogP contribution >= 0.6 is 0 Å². The van der Waals surface area contributed by atoms with Crippen LogP contribution in [0.5, 0.6) is 5.75 Å². The molecule has 1 aromatic heterocycles. The molecule has 0 fully saturated rings. The molecule has 0 aliphatic heterocycles. The Morgan fingerprint density at radius 1 is 1.03 bits per heavy atom. The van der Waals surface area contributed by atoms with Crippen molar-refractivity contribution >= 4 is 28.4 Å². The number of ketones is 2. The molecule has 0 saturated heterocycles. The van der Waals surface area contributed by atoms with Crippen molar-refractivity contribution in [1.82, 2.24) is 4.98 Å². The number of hydrogen-bond acceptors (Lipinski definition) is 6. The Morgan fingerprint density at radius 3 is 2.55 bits per heavy atom. The Morgan fingerprint density at radius 2 is 1.81 bits per heavy atom. The van der Waals surface area contributed by atoms with Crippen molar-refractivity contribution in [3.63, 3.8) is 0 Å². The minimum Gasteiger partial charge on any atom is -0.506 e. The van der Waals surface area contributed by atoms with Crippen molar-refractivity contribution in [2.75, 3.05) is 6.61 Å². The normalized spacial score (nSPS) is 15.4. The van der Waals surface area contributed by atoms with Crippen molar-refractivity contribution in [1.29, 1.82) is 0 Å². The molecular weight excluding hydrogens is 394 g/mol. The Kier molecular flexibility index (Phi) is 5.55. The fourth-order valence-corrected chi connectivity index (χ4v) is 3.82. The second-order valence-corrected chi connectivity index (χ2v) is 7.68. The lowest BCUT2D eigenvalue weighted by Gasteiger charge is -2.11. The standard InChI is InChI=1S/C25H23NO5/c1-3-5-10-31-25(30)15-7-8-17-18(12-15)24(29)21(23(17)28)22-20(27)13-16-11-14(4-2)6-9-19(16)26-22/h6-9,11-13,21,27H,3-5,10H2,1-2H3. The molecule has 1 heterocycles. The van der Waals surface area contributed by atoms with E-state index in [1.54, 1.807) is 0 Å². The van der Waals surface area contributed by atoms with Crippen molar-refractivity contribution in [3.8, 4) is 5.75 Å². The van der Waals surface area contributed by atoms with Crippen molar-refractivity contribution in [2.24, 2.45) is 0 Å². The van der Waals surface area contributed by atoms with Gasteiger partial charge in [0.05, 0.1) is 17.7 Å². The van der Waals surface area contributed by atoms with Gasteiger partial charge >= 0.3 is 5.97 Å². The summed E-state index contributed by atoms with van der Waals surface area (Å²) in [7, 11) is 0. The zero-order valence-electron chi connectivity index (χ0n) is 17.5. The van der Waals surface area contributed by atoms with Gasteiger partial charge in [-0.25, -0.2) is 9.78 Å². The van der Waals surface area contributed by atoms with Gasteiger partial charge in [-0.1, -0.05) is 26.3 Å². The maximum atomic E-state index is 13.1. The number of aromatic nitrogens is 1. The molecule has 0 bridgehead atoms. The van der Waals surface area contributed by atoms with Crippen molar-refractivity contribution < 1.29 is 24.2 Å². The molecule has 0 radical (unpaired) electrons. The van der Waals surface area contributed by atoms with Gasteiger partial charge in [-0.05, 0) is 54.8 Å². The first-order valence-corrected chi connectivity index (χ1v) is 10.5. The number of Topliss-reactive ketones (excluding diaryl/α,β-unsaturated/α-hetero) is 2. The van der Waals surface area contributed by atoms with E-state index in [2.05, 4.69) is 4.98 Å². The van der Waals surface area contributed by atoms with Crippen LogP contribution in [0.3, 0.4) is 0 Å². The molecule has 0 amide bonds. The van der Waals surface area contributed by atoms with E-state index in [4.69, 9.17) is 4.74 Å². The van der Waals surface area contributed by atoms with E-state index in [1.165, 1.54) is 24.3 Å². The highest BCUT2D eigenvalue weighted by atomic mass is 16.5. The summed E-state index contributed by atoms with van der Waals surface area (Å²) >= 11 is 0. The molecule has 6 heteroatoms. The number of carbonyl (C=O) groups is 3. The molecule has 2 aromatic carbocycles. The van der Waals surface area contributed by atoms with Crippen LogP contribution in [-0.2, 0) is 11.2 Å². The molecule has 1 atom stereocenters. The fourth-order valence-electron chi connectivity index (χ4n) is 3.82. The zero-order valence-corrected chi connectivity index (χ0v) is 17.5. The summed E-state index contributed by atoms with van der Waals surface area (Å²) in [4.78, 5) is 42.8. The Hall–Kier alpha value is -3.54. The van der Waals surface area contributed by atoms with Gasteiger partial charge in [0.25, 0.3) is 0 Å². The molecule has 1 aliphatic rings. The summed E-state index contributed by atoms with van der Waals surface area (Å²) in [5, 5.41) is 11.3. The van der Waals surface area contributed by atoms with Crippen LogP contribution in [0.4, 0.5) is 0 Å². The number of aryl methyl sites for hydroxylation is 1. The first-order valence-electron chi connectivity index (χ1n) is 10.5. The van der Waals surface area contributed by atoms with Gasteiger partial charge in [0, 0.05) is 16.5 Å². The number of esters is 1. The van der Waals surface area contributed by atoms with Gasteiger partial charge in [-0.3, -0.25) is 9.59 Å². The van der Waals surface area contributed by atoms with Crippen LogP contribution < -0.4 is 0 Å².